The minimum atomic E-state index is 1.10. The molecule has 0 saturated heterocycles. The predicted octanol–water partition coefficient (Wildman–Crippen LogP) is 3.33. The van der Waals surface area contributed by atoms with Crippen LogP contribution in [0.5, 0.6) is 0 Å². The number of rotatable bonds is 1. The summed E-state index contributed by atoms with van der Waals surface area (Å²) in [4.78, 5) is 0. The molecule has 1 aromatic heterocycles. The van der Waals surface area contributed by atoms with Crippen molar-refractivity contribution in [1.82, 2.24) is 10.2 Å². The lowest BCUT2D eigenvalue weighted by Crippen LogP contribution is -1.85. The Bertz CT molecular complexity index is 686. The SMILES string of the molecule is c1cc2c3c(ccc(-c4ccn[nH]4)c3c1)CC2. The van der Waals surface area contributed by atoms with E-state index in [1.165, 1.54) is 40.3 Å². The first kappa shape index (κ1) is 8.99. The molecule has 17 heavy (non-hydrogen) atoms. The highest BCUT2D eigenvalue weighted by atomic mass is 15.1. The van der Waals surface area contributed by atoms with E-state index in [2.05, 4.69) is 40.5 Å². The van der Waals surface area contributed by atoms with E-state index in [1.807, 2.05) is 6.07 Å². The summed E-state index contributed by atoms with van der Waals surface area (Å²) < 4.78 is 0. The molecule has 1 heterocycles. The second kappa shape index (κ2) is 3.20. The minimum absolute atomic E-state index is 1.10. The maximum absolute atomic E-state index is 4.04. The van der Waals surface area contributed by atoms with Gasteiger partial charge in [-0.2, -0.15) is 5.10 Å². The normalized spacial score (nSPS) is 13.4. The van der Waals surface area contributed by atoms with Crippen molar-refractivity contribution in [3.63, 3.8) is 0 Å². The molecule has 4 rings (SSSR count). The molecule has 82 valence electrons. The molecule has 0 spiro atoms. The first-order valence-corrected chi connectivity index (χ1v) is 5.97. The number of nitrogens with zero attached hydrogens (tertiary/aromatic N) is 1. The molecule has 1 N–H and O–H groups in total. The van der Waals surface area contributed by atoms with Gasteiger partial charge in [0.2, 0.25) is 0 Å². The Balaban J connectivity index is 2.14. The van der Waals surface area contributed by atoms with Crippen LogP contribution in [0.15, 0.2) is 42.6 Å². The summed E-state index contributed by atoms with van der Waals surface area (Å²) in [5, 5.41) is 9.90. The van der Waals surface area contributed by atoms with Crippen LogP contribution < -0.4 is 0 Å². The average molecular weight is 220 g/mol. The van der Waals surface area contributed by atoms with Crippen LogP contribution in [0.2, 0.25) is 0 Å². The van der Waals surface area contributed by atoms with Crippen LogP contribution in [0.4, 0.5) is 0 Å². The summed E-state index contributed by atoms with van der Waals surface area (Å²) in [6.07, 6.45) is 4.16. The van der Waals surface area contributed by atoms with Gasteiger partial charge in [-0.05, 0) is 40.8 Å². The Morgan fingerprint density at radius 1 is 0.941 bits per heavy atom. The second-order valence-corrected chi connectivity index (χ2v) is 4.58. The molecule has 0 radical (unpaired) electrons. The van der Waals surface area contributed by atoms with Crippen LogP contribution in [0, 0.1) is 0 Å². The predicted molar refractivity (Wildman–Crippen MR) is 68.9 cm³/mol. The smallest absolute Gasteiger partial charge is 0.0656 e. The van der Waals surface area contributed by atoms with Crippen molar-refractivity contribution in [2.45, 2.75) is 12.8 Å². The van der Waals surface area contributed by atoms with Gasteiger partial charge in [-0.15, -0.1) is 0 Å². The molecule has 1 aliphatic carbocycles. The van der Waals surface area contributed by atoms with Gasteiger partial charge < -0.3 is 0 Å². The van der Waals surface area contributed by atoms with E-state index < -0.39 is 0 Å². The molecular formula is C15H12N2. The van der Waals surface area contributed by atoms with E-state index in [0.717, 1.165) is 5.69 Å². The molecule has 0 aliphatic heterocycles. The standard InChI is InChI=1S/C15H12N2/c1-2-10-4-5-11-6-7-12(13(3-1)15(10)11)14-8-9-16-17-14/h1-3,6-9H,4-5H2,(H,16,17). The number of aromatic amines is 1. The molecule has 2 nitrogen and oxygen atoms in total. The molecule has 2 aromatic carbocycles. The highest BCUT2D eigenvalue weighted by Gasteiger charge is 2.16. The van der Waals surface area contributed by atoms with Gasteiger partial charge in [0, 0.05) is 11.8 Å². The van der Waals surface area contributed by atoms with Crippen LogP contribution in [-0.2, 0) is 12.8 Å². The molecule has 2 heteroatoms. The third kappa shape index (κ3) is 1.18. The van der Waals surface area contributed by atoms with Crippen molar-refractivity contribution in [3.8, 4) is 11.3 Å². The van der Waals surface area contributed by atoms with Crippen molar-refractivity contribution in [3.05, 3.63) is 53.7 Å². The fraction of sp³-hybridized carbons (Fsp3) is 0.133. The Morgan fingerprint density at radius 2 is 1.82 bits per heavy atom. The molecule has 3 aromatic rings. The van der Waals surface area contributed by atoms with Crippen LogP contribution in [0.1, 0.15) is 11.1 Å². The molecule has 1 aliphatic rings. The van der Waals surface area contributed by atoms with Gasteiger partial charge in [-0.25, -0.2) is 0 Å². The summed E-state index contributed by atoms with van der Waals surface area (Å²) in [6, 6.07) is 13.1. The lowest BCUT2D eigenvalue weighted by molar-refractivity contribution is 1.02. The number of aryl methyl sites for hydroxylation is 2. The molecule has 0 fully saturated rings. The average Bonchev–Trinajstić information content (AvgIpc) is 3.00. The number of hydrogen-bond acceptors (Lipinski definition) is 1. The Labute approximate surface area is 99.3 Å². The van der Waals surface area contributed by atoms with Gasteiger partial charge in [0.15, 0.2) is 0 Å². The molecule has 0 atom stereocenters. The molecule has 0 saturated carbocycles. The highest BCUT2D eigenvalue weighted by Crippen LogP contribution is 2.36. The van der Waals surface area contributed by atoms with Gasteiger partial charge in [0.05, 0.1) is 5.69 Å². The summed E-state index contributed by atoms with van der Waals surface area (Å²) in [5.74, 6) is 0. The third-order valence-corrected chi connectivity index (χ3v) is 3.67. The summed E-state index contributed by atoms with van der Waals surface area (Å²) in [6.45, 7) is 0. The number of benzene rings is 2. The monoisotopic (exact) mass is 220 g/mol. The zero-order valence-electron chi connectivity index (χ0n) is 9.40. The highest BCUT2D eigenvalue weighted by molar-refractivity contribution is 6.00. The van der Waals surface area contributed by atoms with E-state index in [-0.39, 0.29) is 0 Å². The van der Waals surface area contributed by atoms with Gasteiger partial charge in [-0.1, -0.05) is 30.3 Å². The lowest BCUT2D eigenvalue weighted by atomic mass is 9.98. The van der Waals surface area contributed by atoms with Crippen molar-refractivity contribution >= 4 is 10.8 Å². The fourth-order valence-electron chi connectivity index (χ4n) is 2.89. The summed E-state index contributed by atoms with van der Waals surface area (Å²) in [7, 11) is 0. The maximum Gasteiger partial charge on any atom is 0.0656 e. The van der Waals surface area contributed by atoms with Gasteiger partial charge in [0.1, 0.15) is 0 Å². The lowest BCUT2D eigenvalue weighted by Gasteiger charge is -2.07. The molecule has 0 unspecified atom stereocenters. The van der Waals surface area contributed by atoms with Crippen LogP contribution in [0.25, 0.3) is 22.0 Å². The number of hydrogen-bond donors (Lipinski definition) is 1. The van der Waals surface area contributed by atoms with Crippen LogP contribution in [-0.4, -0.2) is 10.2 Å². The van der Waals surface area contributed by atoms with Gasteiger partial charge in [-0.3, -0.25) is 5.10 Å². The minimum Gasteiger partial charge on any atom is -0.278 e. The third-order valence-electron chi connectivity index (χ3n) is 3.67. The molecular weight excluding hydrogens is 208 g/mol. The van der Waals surface area contributed by atoms with Crippen molar-refractivity contribution in [2.75, 3.05) is 0 Å². The Kier molecular flexibility index (Phi) is 1.69. The fourth-order valence-corrected chi connectivity index (χ4v) is 2.89. The zero-order valence-corrected chi connectivity index (χ0v) is 9.40. The van der Waals surface area contributed by atoms with E-state index in [9.17, 15) is 0 Å². The van der Waals surface area contributed by atoms with Crippen molar-refractivity contribution < 1.29 is 0 Å². The molecule has 0 amide bonds. The van der Waals surface area contributed by atoms with Crippen molar-refractivity contribution in [2.24, 2.45) is 0 Å². The quantitative estimate of drug-likeness (QED) is 0.669. The van der Waals surface area contributed by atoms with E-state index in [1.54, 1.807) is 6.20 Å². The van der Waals surface area contributed by atoms with Crippen molar-refractivity contribution in [1.29, 1.82) is 0 Å². The Morgan fingerprint density at radius 3 is 2.65 bits per heavy atom. The summed E-state index contributed by atoms with van der Waals surface area (Å²) in [5.41, 5.74) is 5.32. The van der Waals surface area contributed by atoms with Crippen LogP contribution >= 0.6 is 0 Å². The number of H-pyrrole nitrogens is 1. The first-order chi connectivity index (χ1) is 8.43. The first-order valence-electron chi connectivity index (χ1n) is 5.97. The Hall–Kier alpha value is -2.09. The maximum atomic E-state index is 4.04. The topological polar surface area (TPSA) is 28.7 Å². The van der Waals surface area contributed by atoms with Gasteiger partial charge >= 0.3 is 0 Å². The zero-order chi connectivity index (χ0) is 11.2. The van der Waals surface area contributed by atoms with E-state index in [0.29, 0.717) is 0 Å². The number of nitrogens with one attached hydrogen (secondary N) is 1. The van der Waals surface area contributed by atoms with E-state index >= 15 is 0 Å². The second-order valence-electron chi connectivity index (χ2n) is 4.58. The van der Waals surface area contributed by atoms with Crippen LogP contribution in [0.3, 0.4) is 0 Å². The van der Waals surface area contributed by atoms with Gasteiger partial charge in [0.25, 0.3) is 0 Å². The largest absolute Gasteiger partial charge is 0.278 e. The van der Waals surface area contributed by atoms with E-state index in [4.69, 9.17) is 0 Å². The molecule has 0 bridgehead atoms. The summed E-state index contributed by atoms with van der Waals surface area (Å²) >= 11 is 0. The number of aromatic nitrogens is 2.